The minimum atomic E-state index is 0. The van der Waals surface area contributed by atoms with Gasteiger partial charge < -0.3 is 9.97 Å². The Labute approximate surface area is 312 Å². The number of aromatic nitrogens is 4. The first-order valence-electron chi connectivity index (χ1n) is 17.2. The summed E-state index contributed by atoms with van der Waals surface area (Å²) < 4.78 is 0. The smallest absolute Gasteiger partial charge is 0.657 e. The van der Waals surface area contributed by atoms with Crippen LogP contribution in [0.2, 0.25) is 0 Å². The number of allylic oxidation sites excluding steroid dienone is 2. The largest absolute Gasteiger partial charge is 2.00 e. The molecule has 0 N–H and O–H groups in total. The summed E-state index contributed by atoms with van der Waals surface area (Å²) in [6.07, 6.45) is 9.02. The monoisotopic (exact) mass is 710 g/mol. The molecule has 4 aromatic carbocycles. The molecular weight excluding hydrogens is 679 g/mol. The number of hydrogen-bond acceptors (Lipinski definition) is 2. The minimum absolute atomic E-state index is 0. The molecule has 4 nitrogen and oxygen atoms in total. The van der Waals surface area contributed by atoms with Crippen LogP contribution in [0.3, 0.4) is 0 Å². The van der Waals surface area contributed by atoms with Gasteiger partial charge in [0.25, 0.3) is 0 Å². The van der Waals surface area contributed by atoms with Gasteiger partial charge in [-0.15, -0.1) is 28.6 Å². The van der Waals surface area contributed by atoms with Crippen LogP contribution in [0.25, 0.3) is 90.4 Å². The summed E-state index contributed by atoms with van der Waals surface area (Å²) in [6, 6.07) is 50.1. The molecule has 0 radical (unpaired) electrons. The Morgan fingerprint density at radius 2 is 0.846 bits per heavy atom. The Morgan fingerprint density at radius 3 is 1.35 bits per heavy atom. The molecule has 0 spiro atoms. The molecule has 0 aliphatic carbocycles. The fraction of sp³-hybridized carbons (Fsp3) is 0.0213. The van der Waals surface area contributed by atoms with Crippen molar-refractivity contribution in [1.82, 2.24) is 19.9 Å². The molecule has 0 saturated heterocycles. The SMILES string of the molecule is C=CCC1=Cc2nc1c(-c1ccccc1)c1ccc([n-]1)c(-c1ccccc1)c1ccc([n-]1)c(-c1ccccc1)c1nc(c2-c2ccccc2)C=C1.[Ni+2]. The molecule has 8 bridgehead atoms. The van der Waals surface area contributed by atoms with E-state index in [4.69, 9.17) is 19.9 Å². The summed E-state index contributed by atoms with van der Waals surface area (Å²) in [4.78, 5) is 21.6. The number of rotatable bonds is 6. The third kappa shape index (κ3) is 5.96. The van der Waals surface area contributed by atoms with E-state index in [0.29, 0.717) is 6.42 Å². The molecule has 3 aromatic heterocycles. The van der Waals surface area contributed by atoms with Gasteiger partial charge in [-0.2, -0.15) is 0 Å². The third-order valence-electron chi connectivity index (χ3n) is 9.41. The molecule has 52 heavy (non-hydrogen) atoms. The average molecular weight is 711 g/mol. The first-order chi connectivity index (χ1) is 25.2. The summed E-state index contributed by atoms with van der Waals surface area (Å²) in [7, 11) is 0. The zero-order valence-corrected chi connectivity index (χ0v) is 29.2. The molecule has 9 rings (SSSR count). The third-order valence-corrected chi connectivity index (χ3v) is 9.41. The molecule has 5 heterocycles. The van der Waals surface area contributed by atoms with E-state index in [-0.39, 0.29) is 16.5 Å². The Kier molecular flexibility index (Phi) is 8.95. The van der Waals surface area contributed by atoms with Crippen molar-refractivity contribution >= 4 is 45.9 Å². The molecule has 0 fully saturated rings. The Balaban J connectivity index is 0.00000387. The fourth-order valence-corrected chi connectivity index (χ4v) is 7.14. The predicted molar refractivity (Wildman–Crippen MR) is 212 cm³/mol. The van der Waals surface area contributed by atoms with Crippen molar-refractivity contribution in [2.45, 2.75) is 6.42 Å². The fourth-order valence-electron chi connectivity index (χ4n) is 7.14. The second kappa shape index (κ2) is 14.1. The Morgan fingerprint density at radius 1 is 0.442 bits per heavy atom. The normalized spacial score (nSPS) is 11.9. The van der Waals surface area contributed by atoms with Crippen LogP contribution in [0.15, 0.2) is 158 Å². The number of benzene rings is 4. The van der Waals surface area contributed by atoms with Crippen LogP contribution in [0.1, 0.15) is 29.2 Å². The van der Waals surface area contributed by atoms with E-state index < -0.39 is 0 Å². The van der Waals surface area contributed by atoms with Crippen LogP contribution >= 0.6 is 0 Å². The second-order valence-electron chi connectivity index (χ2n) is 12.6. The summed E-state index contributed by atoms with van der Waals surface area (Å²) in [5.74, 6) is 0. The molecule has 250 valence electrons. The molecule has 5 heteroatoms. The van der Waals surface area contributed by atoms with E-state index in [1.165, 1.54) is 0 Å². The van der Waals surface area contributed by atoms with Gasteiger partial charge in [0, 0.05) is 5.56 Å². The Hall–Kier alpha value is -6.29. The summed E-state index contributed by atoms with van der Waals surface area (Å²) in [5.41, 5.74) is 16.0. The van der Waals surface area contributed by atoms with Crippen molar-refractivity contribution in [3.8, 4) is 44.5 Å². The molecule has 2 aliphatic rings. The van der Waals surface area contributed by atoms with Crippen molar-refractivity contribution in [3.05, 3.63) is 181 Å². The first-order valence-corrected chi connectivity index (χ1v) is 17.2. The van der Waals surface area contributed by atoms with Gasteiger partial charge in [0.2, 0.25) is 0 Å². The van der Waals surface area contributed by atoms with Gasteiger partial charge in [-0.3, -0.25) is 0 Å². The van der Waals surface area contributed by atoms with Gasteiger partial charge in [0.1, 0.15) is 0 Å². The molecule has 0 saturated carbocycles. The summed E-state index contributed by atoms with van der Waals surface area (Å²) in [5, 5.41) is 0. The summed E-state index contributed by atoms with van der Waals surface area (Å²) >= 11 is 0. The minimum Gasteiger partial charge on any atom is -0.657 e. The Bertz CT molecular complexity index is 2650. The van der Waals surface area contributed by atoms with E-state index in [9.17, 15) is 0 Å². The second-order valence-corrected chi connectivity index (χ2v) is 12.6. The maximum Gasteiger partial charge on any atom is 2.00 e. The number of fused-ring (bicyclic) bond motifs is 8. The van der Waals surface area contributed by atoms with Crippen LogP contribution in [0.4, 0.5) is 0 Å². The van der Waals surface area contributed by atoms with E-state index in [2.05, 4.69) is 146 Å². The van der Waals surface area contributed by atoms with E-state index >= 15 is 0 Å². The van der Waals surface area contributed by atoms with Crippen molar-refractivity contribution in [3.63, 3.8) is 0 Å². The average Bonchev–Trinajstić information content (AvgIpc) is 4.01. The van der Waals surface area contributed by atoms with Gasteiger partial charge in [-0.25, -0.2) is 9.97 Å². The van der Waals surface area contributed by atoms with Crippen LogP contribution in [-0.2, 0) is 16.5 Å². The number of nitrogens with zero attached hydrogens (tertiary/aromatic N) is 4. The molecule has 0 unspecified atom stereocenters. The quantitative estimate of drug-likeness (QED) is 0.127. The molecule has 0 amide bonds. The van der Waals surface area contributed by atoms with Crippen LogP contribution < -0.4 is 9.97 Å². The number of hydrogen-bond donors (Lipinski definition) is 0. The van der Waals surface area contributed by atoms with Crippen LogP contribution in [-0.4, -0.2) is 9.97 Å². The maximum absolute atomic E-state index is 5.48. The van der Waals surface area contributed by atoms with Crippen molar-refractivity contribution in [1.29, 1.82) is 0 Å². The molecule has 0 atom stereocenters. The standard InChI is InChI=1S/C47H32N4.Ni/c1-2-15-35-30-42-45(33-20-11-5-12-21-33)40-27-26-38(49-40)43(31-16-7-3-8-17-31)36-24-25-37(48-36)44(32-18-9-4-10-19-32)39-28-29-41(50-39)46(47(35)51-42)34-22-13-6-14-23-34;/h2-14,16-30H,1,15H2;/q-2;+2. The predicted octanol–water partition coefficient (Wildman–Crippen LogP) is 11.5. The topological polar surface area (TPSA) is 54.0 Å². The van der Waals surface area contributed by atoms with E-state index in [1.54, 1.807) is 0 Å². The van der Waals surface area contributed by atoms with Crippen molar-refractivity contribution < 1.29 is 16.5 Å². The zero-order valence-electron chi connectivity index (χ0n) is 28.2. The van der Waals surface area contributed by atoms with Gasteiger partial charge >= 0.3 is 16.5 Å². The molecular formula is C47H32N4Ni. The maximum atomic E-state index is 5.48. The van der Waals surface area contributed by atoms with E-state index in [0.717, 1.165) is 94.9 Å². The first kappa shape index (κ1) is 32.9. The van der Waals surface area contributed by atoms with Gasteiger partial charge in [-0.05, 0) is 69.2 Å². The van der Waals surface area contributed by atoms with E-state index in [1.807, 2.05) is 30.3 Å². The summed E-state index contributed by atoms with van der Waals surface area (Å²) in [6.45, 7) is 4.12. The zero-order chi connectivity index (χ0) is 34.1. The van der Waals surface area contributed by atoms with Crippen molar-refractivity contribution in [2.24, 2.45) is 0 Å². The molecule has 2 aliphatic heterocycles. The molecule has 7 aromatic rings. The van der Waals surface area contributed by atoms with Gasteiger partial charge in [0.15, 0.2) is 0 Å². The van der Waals surface area contributed by atoms with Crippen LogP contribution in [0, 0.1) is 0 Å². The van der Waals surface area contributed by atoms with Crippen molar-refractivity contribution in [2.75, 3.05) is 0 Å². The van der Waals surface area contributed by atoms with Crippen LogP contribution in [0.5, 0.6) is 0 Å². The van der Waals surface area contributed by atoms with Gasteiger partial charge in [-0.1, -0.05) is 152 Å². The van der Waals surface area contributed by atoms with Gasteiger partial charge in [0.05, 0.1) is 22.8 Å².